The van der Waals surface area contributed by atoms with Gasteiger partial charge in [0.05, 0.1) is 6.04 Å². The molecule has 0 spiro atoms. The quantitative estimate of drug-likeness (QED) is 0.219. The summed E-state index contributed by atoms with van der Waals surface area (Å²) in [4.78, 5) is 20.3. The van der Waals surface area contributed by atoms with Crippen LogP contribution in [0.4, 0.5) is 5.13 Å². The van der Waals surface area contributed by atoms with E-state index in [4.69, 9.17) is 4.98 Å². The maximum absolute atomic E-state index is 13.3. The molecule has 0 fully saturated rings. The first-order valence-corrected chi connectivity index (χ1v) is 13.6. The highest BCUT2D eigenvalue weighted by atomic mass is 32.1. The van der Waals surface area contributed by atoms with Crippen molar-refractivity contribution in [2.75, 3.05) is 11.4 Å². The van der Waals surface area contributed by atoms with E-state index in [1.165, 1.54) is 22.7 Å². The molecule has 38 heavy (non-hydrogen) atoms. The number of benzene rings is 4. The summed E-state index contributed by atoms with van der Waals surface area (Å²) >= 11 is 1.39. The van der Waals surface area contributed by atoms with E-state index < -0.39 is 0 Å². The number of aromatic nitrogens is 2. The van der Waals surface area contributed by atoms with Crippen LogP contribution in [0.3, 0.4) is 0 Å². The van der Waals surface area contributed by atoms with E-state index in [2.05, 4.69) is 63.1 Å². The van der Waals surface area contributed by atoms with Crippen molar-refractivity contribution in [1.29, 1.82) is 0 Å². The number of carbonyl (C=O) groups is 1. The molecule has 6 heteroatoms. The van der Waals surface area contributed by atoms with Crippen molar-refractivity contribution >= 4 is 22.6 Å². The molecule has 0 aliphatic carbocycles. The highest BCUT2D eigenvalue weighted by Crippen LogP contribution is 2.24. The number of rotatable bonds is 11. The Morgan fingerprint density at radius 1 is 0.737 bits per heavy atom. The first-order chi connectivity index (χ1) is 18.7. The van der Waals surface area contributed by atoms with Gasteiger partial charge in [-0.3, -0.25) is 4.79 Å². The van der Waals surface area contributed by atoms with E-state index in [1.807, 2.05) is 72.8 Å². The fraction of sp³-hybridized carbons (Fsp3) is 0.156. The summed E-state index contributed by atoms with van der Waals surface area (Å²) in [6.45, 7) is 1.20. The lowest BCUT2D eigenvalue weighted by Crippen LogP contribution is -2.33. The molecule has 190 valence electrons. The van der Waals surface area contributed by atoms with Gasteiger partial charge in [0, 0.05) is 37.5 Å². The van der Waals surface area contributed by atoms with E-state index in [0.29, 0.717) is 25.9 Å². The van der Waals surface area contributed by atoms with Gasteiger partial charge >= 0.3 is 0 Å². The topological polar surface area (TPSA) is 58.1 Å². The summed E-state index contributed by atoms with van der Waals surface area (Å²) in [6.07, 6.45) is 1.03. The first kappa shape index (κ1) is 25.4. The standard InChI is InChI=1S/C32H30N4OS/c37-30(34-31(27-17-9-3-10-18-27)28-19-11-4-12-20-28)21-22-36(24-26-15-7-2-8-16-26)32-33-29(35-38-32)23-25-13-5-1-6-14-25/h1-20,31H,21-24H2,(H,34,37). The molecule has 1 heterocycles. The van der Waals surface area contributed by atoms with Gasteiger partial charge in [0.1, 0.15) is 5.82 Å². The predicted molar refractivity (Wildman–Crippen MR) is 154 cm³/mol. The minimum absolute atomic E-state index is 0.00482. The summed E-state index contributed by atoms with van der Waals surface area (Å²) in [5.74, 6) is 0.793. The van der Waals surface area contributed by atoms with Crippen LogP contribution in [0.1, 0.15) is 40.5 Å². The number of hydrogen-bond acceptors (Lipinski definition) is 5. The highest BCUT2D eigenvalue weighted by molar-refractivity contribution is 7.09. The average molecular weight is 519 g/mol. The molecule has 5 nitrogen and oxygen atoms in total. The zero-order chi connectivity index (χ0) is 26.0. The Balaban J connectivity index is 1.30. The summed E-state index contributed by atoms with van der Waals surface area (Å²) < 4.78 is 4.62. The Labute approximate surface area is 228 Å². The molecule has 0 radical (unpaired) electrons. The third kappa shape index (κ3) is 6.93. The molecular weight excluding hydrogens is 488 g/mol. The van der Waals surface area contributed by atoms with E-state index in [0.717, 1.165) is 22.1 Å². The van der Waals surface area contributed by atoms with Crippen LogP contribution >= 0.6 is 11.5 Å². The summed E-state index contributed by atoms with van der Waals surface area (Å²) in [5, 5.41) is 4.09. The van der Waals surface area contributed by atoms with Crippen LogP contribution in [-0.2, 0) is 17.8 Å². The lowest BCUT2D eigenvalue weighted by molar-refractivity contribution is -0.121. The molecule has 0 aliphatic rings. The fourth-order valence-corrected chi connectivity index (χ4v) is 5.10. The second-order valence-corrected chi connectivity index (χ2v) is 9.86. The second kappa shape index (κ2) is 12.8. The molecular formula is C32H30N4OS. The Hall–Kier alpha value is -4.29. The van der Waals surface area contributed by atoms with Crippen molar-refractivity contribution in [2.24, 2.45) is 0 Å². The molecule has 0 bridgehead atoms. The molecule has 1 aromatic heterocycles. The van der Waals surface area contributed by atoms with Crippen LogP contribution in [0.25, 0.3) is 0 Å². The summed E-state index contributed by atoms with van der Waals surface area (Å²) in [7, 11) is 0. The van der Waals surface area contributed by atoms with E-state index in [9.17, 15) is 4.79 Å². The number of nitrogens with zero attached hydrogens (tertiary/aromatic N) is 3. The third-order valence-electron chi connectivity index (χ3n) is 6.33. The van der Waals surface area contributed by atoms with Gasteiger partial charge in [-0.25, -0.2) is 4.98 Å². The highest BCUT2D eigenvalue weighted by Gasteiger charge is 2.19. The molecule has 0 saturated heterocycles. The molecule has 0 saturated carbocycles. The fourth-order valence-electron chi connectivity index (χ4n) is 4.39. The van der Waals surface area contributed by atoms with Crippen molar-refractivity contribution < 1.29 is 4.79 Å². The van der Waals surface area contributed by atoms with E-state index in [-0.39, 0.29) is 11.9 Å². The molecule has 5 rings (SSSR count). The van der Waals surface area contributed by atoms with Crippen molar-refractivity contribution in [3.63, 3.8) is 0 Å². The Kier molecular flexibility index (Phi) is 8.54. The van der Waals surface area contributed by atoms with Gasteiger partial charge in [0.15, 0.2) is 0 Å². The minimum atomic E-state index is -0.202. The zero-order valence-corrected chi connectivity index (χ0v) is 21.9. The largest absolute Gasteiger partial charge is 0.345 e. The van der Waals surface area contributed by atoms with Crippen molar-refractivity contribution in [3.8, 4) is 0 Å². The lowest BCUT2D eigenvalue weighted by atomic mass is 9.98. The predicted octanol–water partition coefficient (Wildman–Crippen LogP) is 6.43. The first-order valence-electron chi connectivity index (χ1n) is 12.8. The molecule has 0 unspecified atom stereocenters. The van der Waals surface area contributed by atoms with Crippen LogP contribution in [0.5, 0.6) is 0 Å². The summed E-state index contributed by atoms with van der Waals surface area (Å²) in [6, 6.07) is 40.5. The van der Waals surface area contributed by atoms with Crippen LogP contribution in [0.2, 0.25) is 0 Å². The number of amides is 1. The van der Waals surface area contributed by atoms with Crippen molar-refractivity contribution in [2.45, 2.75) is 25.4 Å². The molecule has 4 aromatic carbocycles. The normalized spacial score (nSPS) is 10.9. The smallest absolute Gasteiger partial charge is 0.222 e. The van der Waals surface area contributed by atoms with Crippen molar-refractivity contribution in [1.82, 2.24) is 14.7 Å². The van der Waals surface area contributed by atoms with Crippen LogP contribution in [0.15, 0.2) is 121 Å². The second-order valence-electron chi connectivity index (χ2n) is 9.13. The molecule has 1 amide bonds. The van der Waals surface area contributed by atoms with Gasteiger partial charge in [-0.1, -0.05) is 121 Å². The Morgan fingerprint density at radius 3 is 1.84 bits per heavy atom. The van der Waals surface area contributed by atoms with Gasteiger partial charge in [-0.15, -0.1) is 0 Å². The number of anilines is 1. The molecule has 0 aliphatic heterocycles. The van der Waals surface area contributed by atoms with Crippen LogP contribution < -0.4 is 10.2 Å². The maximum Gasteiger partial charge on any atom is 0.222 e. The maximum atomic E-state index is 13.3. The average Bonchev–Trinajstić information content (AvgIpc) is 3.44. The third-order valence-corrected chi connectivity index (χ3v) is 7.14. The summed E-state index contributed by atoms with van der Waals surface area (Å²) in [5.41, 5.74) is 4.46. The Bertz CT molecular complexity index is 1370. The molecule has 5 aromatic rings. The number of carbonyl (C=O) groups excluding carboxylic acids is 1. The van der Waals surface area contributed by atoms with Gasteiger partial charge in [0.25, 0.3) is 0 Å². The molecule has 0 atom stereocenters. The van der Waals surface area contributed by atoms with E-state index in [1.54, 1.807) is 0 Å². The Morgan fingerprint density at radius 2 is 1.26 bits per heavy atom. The van der Waals surface area contributed by atoms with Crippen LogP contribution in [0, 0.1) is 0 Å². The lowest BCUT2D eigenvalue weighted by Gasteiger charge is -2.23. The monoisotopic (exact) mass is 518 g/mol. The van der Waals surface area contributed by atoms with Crippen LogP contribution in [-0.4, -0.2) is 21.8 Å². The van der Waals surface area contributed by atoms with Gasteiger partial charge in [-0.05, 0) is 22.3 Å². The van der Waals surface area contributed by atoms with E-state index >= 15 is 0 Å². The number of hydrogen-bond donors (Lipinski definition) is 1. The van der Waals surface area contributed by atoms with Crippen molar-refractivity contribution in [3.05, 3.63) is 149 Å². The number of nitrogens with one attached hydrogen (secondary N) is 1. The van der Waals surface area contributed by atoms with Gasteiger partial charge in [-0.2, -0.15) is 4.37 Å². The minimum Gasteiger partial charge on any atom is -0.345 e. The van der Waals surface area contributed by atoms with Gasteiger partial charge < -0.3 is 10.2 Å². The van der Waals surface area contributed by atoms with Gasteiger partial charge in [0.2, 0.25) is 11.0 Å². The zero-order valence-electron chi connectivity index (χ0n) is 21.1. The SMILES string of the molecule is O=C(CCN(Cc1ccccc1)c1nc(Cc2ccccc2)ns1)NC(c1ccccc1)c1ccccc1. The molecule has 1 N–H and O–H groups in total.